The lowest BCUT2D eigenvalue weighted by Crippen LogP contribution is -2.50. The van der Waals surface area contributed by atoms with Gasteiger partial charge in [-0.2, -0.15) is 0 Å². The predicted octanol–water partition coefficient (Wildman–Crippen LogP) is 3.40. The van der Waals surface area contributed by atoms with E-state index in [1.165, 1.54) is 5.56 Å². The van der Waals surface area contributed by atoms with Crippen molar-refractivity contribution in [2.75, 3.05) is 45.2 Å². The number of para-hydroxylation sites is 2. The van der Waals surface area contributed by atoms with Gasteiger partial charge in [-0.25, -0.2) is 4.79 Å². The summed E-state index contributed by atoms with van der Waals surface area (Å²) in [6.07, 6.45) is 0.958. The summed E-state index contributed by atoms with van der Waals surface area (Å²) in [5.74, 6) is 0.948. The topological polar surface area (TPSA) is 44.8 Å². The van der Waals surface area contributed by atoms with Crippen molar-refractivity contribution >= 4 is 11.7 Å². The first kappa shape index (κ1) is 18.3. The van der Waals surface area contributed by atoms with E-state index in [4.69, 9.17) is 4.74 Å². The normalized spacial score (nSPS) is 14.9. The molecule has 2 aromatic rings. The third-order valence-corrected chi connectivity index (χ3v) is 4.94. The van der Waals surface area contributed by atoms with E-state index in [9.17, 15) is 4.79 Å². The van der Waals surface area contributed by atoms with Gasteiger partial charge in [0, 0.05) is 38.4 Å². The molecule has 0 aliphatic carbocycles. The number of nitrogens with zero attached hydrogens (tertiary/aromatic N) is 2. The van der Waals surface area contributed by atoms with Crippen LogP contribution in [0.15, 0.2) is 48.5 Å². The Labute approximate surface area is 155 Å². The summed E-state index contributed by atoms with van der Waals surface area (Å²) in [4.78, 5) is 16.8. The van der Waals surface area contributed by atoms with E-state index in [-0.39, 0.29) is 6.03 Å². The third kappa shape index (κ3) is 4.55. The van der Waals surface area contributed by atoms with Gasteiger partial charge in [-0.1, -0.05) is 36.4 Å². The third-order valence-electron chi connectivity index (χ3n) is 4.94. The molecule has 1 heterocycles. The molecule has 138 valence electrons. The number of amides is 2. The zero-order valence-corrected chi connectivity index (χ0v) is 15.6. The molecule has 1 N–H and O–H groups in total. The fourth-order valence-electron chi connectivity index (χ4n) is 3.27. The Morgan fingerprint density at radius 1 is 1.04 bits per heavy atom. The second-order valence-corrected chi connectivity index (χ2v) is 6.64. The Kier molecular flexibility index (Phi) is 6.12. The average molecular weight is 353 g/mol. The number of methoxy groups -OCH3 is 1. The molecule has 5 heteroatoms. The van der Waals surface area contributed by atoms with Crippen molar-refractivity contribution in [1.82, 2.24) is 9.80 Å². The molecule has 26 heavy (non-hydrogen) atoms. The number of carbonyl (C=O) groups is 1. The van der Waals surface area contributed by atoms with E-state index >= 15 is 0 Å². The number of hydrogen-bond donors (Lipinski definition) is 1. The maximum Gasteiger partial charge on any atom is 0.321 e. The number of rotatable bonds is 5. The summed E-state index contributed by atoms with van der Waals surface area (Å²) < 4.78 is 5.42. The van der Waals surface area contributed by atoms with Crippen molar-refractivity contribution in [2.45, 2.75) is 13.3 Å². The fourth-order valence-corrected chi connectivity index (χ4v) is 3.27. The van der Waals surface area contributed by atoms with Gasteiger partial charge in [-0.3, -0.25) is 4.90 Å². The van der Waals surface area contributed by atoms with Gasteiger partial charge < -0.3 is 15.0 Å². The van der Waals surface area contributed by atoms with Gasteiger partial charge in [0.05, 0.1) is 7.11 Å². The highest BCUT2D eigenvalue weighted by Crippen LogP contribution is 2.19. The number of urea groups is 1. The SMILES string of the molecule is COc1ccccc1CCN1CCN(C(=O)Nc2ccccc2C)CC1. The summed E-state index contributed by atoms with van der Waals surface area (Å²) in [6, 6.07) is 16.0. The molecule has 0 radical (unpaired) electrons. The maximum absolute atomic E-state index is 12.5. The number of aryl methyl sites for hydroxylation is 1. The minimum absolute atomic E-state index is 0.0105. The summed E-state index contributed by atoms with van der Waals surface area (Å²) >= 11 is 0. The molecule has 1 fully saturated rings. The summed E-state index contributed by atoms with van der Waals surface area (Å²) in [6.45, 7) is 6.29. The number of nitrogens with one attached hydrogen (secondary N) is 1. The largest absolute Gasteiger partial charge is 0.496 e. The van der Waals surface area contributed by atoms with Crippen LogP contribution in [0.1, 0.15) is 11.1 Å². The van der Waals surface area contributed by atoms with Crippen LogP contribution in [0.25, 0.3) is 0 Å². The number of carbonyl (C=O) groups excluding carboxylic acids is 1. The molecule has 0 atom stereocenters. The lowest BCUT2D eigenvalue weighted by atomic mass is 10.1. The van der Waals surface area contributed by atoms with Crippen molar-refractivity contribution < 1.29 is 9.53 Å². The van der Waals surface area contributed by atoms with Crippen molar-refractivity contribution in [3.63, 3.8) is 0 Å². The zero-order valence-electron chi connectivity index (χ0n) is 15.6. The maximum atomic E-state index is 12.5. The van der Waals surface area contributed by atoms with Crippen LogP contribution < -0.4 is 10.1 Å². The second kappa shape index (κ2) is 8.72. The number of anilines is 1. The minimum Gasteiger partial charge on any atom is -0.496 e. The second-order valence-electron chi connectivity index (χ2n) is 6.64. The first-order valence-electron chi connectivity index (χ1n) is 9.13. The van der Waals surface area contributed by atoms with Crippen LogP contribution in [0.3, 0.4) is 0 Å². The molecular weight excluding hydrogens is 326 g/mol. The number of piperazine rings is 1. The monoisotopic (exact) mass is 353 g/mol. The standard InChI is InChI=1S/C21H27N3O2/c1-17-7-3-5-9-19(17)22-21(25)24-15-13-23(14-16-24)12-11-18-8-4-6-10-20(18)26-2/h3-10H,11-16H2,1-2H3,(H,22,25). The molecule has 1 aliphatic rings. The van der Waals surface area contributed by atoms with E-state index in [0.717, 1.165) is 56.1 Å². The van der Waals surface area contributed by atoms with Crippen molar-refractivity contribution in [3.8, 4) is 5.75 Å². The highest BCUT2D eigenvalue weighted by atomic mass is 16.5. The Hall–Kier alpha value is -2.53. The lowest BCUT2D eigenvalue weighted by molar-refractivity contribution is 0.148. The molecule has 2 amide bonds. The first-order chi connectivity index (χ1) is 12.7. The van der Waals surface area contributed by atoms with E-state index < -0.39 is 0 Å². The van der Waals surface area contributed by atoms with Gasteiger partial charge in [-0.15, -0.1) is 0 Å². The smallest absolute Gasteiger partial charge is 0.321 e. The molecule has 1 saturated heterocycles. The van der Waals surface area contributed by atoms with Gasteiger partial charge in [-0.05, 0) is 36.6 Å². The summed E-state index contributed by atoms with van der Waals surface area (Å²) in [5, 5.41) is 3.02. The summed E-state index contributed by atoms with van der Waals surface area (Å²) in [5.41, 5.74) is 3.20. The van der Waals surface area contributed by atoms with Crippen LogP contribution in [0, 0.1) is 6.92 Å². The molecule has 3 rings (SSSR count). The minimum atomic E-state index is -0.0105. The van der Waals surface area contributed by atoms with Crippen LogP contribution in [0.2, 0.25) is 0 Å². The first-order valence-corrected chi connectivity index (χ1v) is 9.13. The molecule has 0 aromatic heterocycles. The molecule has 0 bridgehead atoms. The van der Waals surface area contributed by atoms with Crippen LogP contribution in [-0.4, -0.2) is 55.7 Å². The predicted molar refractivity (Wildman–Crippen MR) is 105 cm³/mol. The van der Waals surface area contributed by atoms with Crippen molar-refractivity contribution in [2.24, 2.45) is 0 Å². The van der Waals surface area contributed by atoms with E-state index in [2.05, 4.69) is 16.3 Å². The highest BCUT2D eigenvalue weighted by molar-refractivity contribution is 5.90. The van der Waals surface area contributed by atoms with Gasteiger partial charge in [0.1, 0.15) is 5.75 Å². The summed E-state index contributed by atoms with van der Waals surface area (Å²) in [7, 11) is 1.71. The lowest BCUT2D eigenvalue weighted by Gasteiger charge is -2.34. The molecule has 0 saturated carbocycles. The molecular formula is C21H27N3O2. The van der Waals surface area contributed by atoms with Gasteiger partial charge >= 0.3 is 6.03 Å². The quantitative estimate of drug-likeness (QED) is 0.896. The zero-order chi connectivity index (χ0) is 18.4. The number of benzene rings is 2. The Morgan fingerprint density at radius 2 is 1.73 bits per heavy atom. The van der Waals surface area contributed by atoms with E-state index in [1.807, 2.05) is 54.3 Å². The van der Waals surface area contributed by atoms with Crippen LogP contribution in [-0.2, 0) is 6.42 Å². The van der Waals surface area contributed by atoms with Crippen molar-refractivity contribution in [1.29, 1.82) is 0 Å². The highest BCUT2D eigenvalue weighted by Gasteiger charge is 2.21. The number of ether oxygens (including phenoxy) is 1. The van der Waals surface area contributed by atoms with Crippen LogP contribution in [0.5, 0.6) is 5.75 Å². The van der Waals surface area contributed by atoms with E-state index in [0.29, 0.717) is 0 Å². The van der Waals surface area contributed by atoms with Gasteiger partial charge in [0.25, 0.3) is 0 Å². The Balaban J connectivity index is 1.47. The van der Waals surface area contributed by atoms with Crippen molar-refractivity contribution in [3.05, 3.63) is 59.7 Å². The van der Waals surface area contributed by atoms with Gasteiger partial charge in [0.2, 0.25) is 0 Å². The van der Waals surface area contributed by atoms with Crippen LogP contribution >= 0.6 is 0 Å². The van der Waals surface area contributed by atoms with Gasteiger partial charge in [0.15, 0.2) is 0 Å². The molecule has 1 aliphatic heterocycles. The van der Waals surface area contributed by atoms with Crippen LogP contribution in [0.4, 0.5) is 10.5 Å². The molecule has 2 aromatic carbocycles. The fraction of sp³-hybridized carbons (Fsp3) is 0.381. The number of hydrogen-bond acceptors (Lipinski definition) is 3. The Morgan fingerprint density at radius 3 is 2.46 bits per heavy atom. The van der Waals surface area contributed by atoms with E-state index in [1.54, 1.807) is 7.11 Å². The molecule has 0 unspecified atom stereocenters. The average Bonchev–Trinajstić information content (AvgIpc) is 2.68. The Bertz CT molecular complexity index is 740. The molecule has 5 nitrogen and oxygen atoms in total. The molecule has 0 spiro atoms.